The van der Waals surface area contributed by atoms with Crippen LogP contribution in [0.1, 0.15) is 0 Å². The first-order valence-corrected chi connectivity index (χ1v) is 4.91. The number of aliphatic hydroxyl groups excluding tert-OH is 2. The van der Waals surface area contributed by atoms with Gasteiger partial charge in [-0.3, -0.25) is 9.59 Å². The molecule has 0 spiro atoms. The summed E-state index contributed by atoms with van der Waals surface area (Å²) < 4.78 is 4.55. The van der Waals surface area contributed by atoms with Crippen LogP contribution >= 0.6 is 0 Å². The number of rotatable bonds is 0. The van der Waals surface area contributed by atoms with Gasteiger partial charge in [0.1, 0.15) is 0 Å². The van der Waals surface area contributed by atoms with Gasteiger partial charge in [-0.15, -0.1) is 0 Å². The molecule has 2 bridgehead atoms. The summed E-state index contributed by atoms with van der Waals surface area (Å²) in [7, 11) is 0. The number of esters is 2. The molecule has 1 saturated heterocycles. The average molecular weight is 210 g/mol. The van der Waals surface area contributed by atoms with E-state index in [2.05, 4.69) is 4.74 Å². The molecule has 4 aliphatic rings. The maximum Gasteiger partial charge on any atom is 0.318 e. The molecule has 1 heterocycles. The maximum absolute atomic E-state index is 11.4. The molecular weight excluding hydrogens is 200 g/mol. The number of hydrogen-bond donors (Lipinski definition) is 2. The second-order valence-corrected chi connectivity index (χ2v) is 4.31. The molecule has 0 aromatic rings. The second kappa shape index (κ2) is 2.68. The minimum atomic E-state index is -0.973. The standard InChI is InChI=1S/C10H10O5/c11-7-3-1-2-4(8(7)12)6-5(3)9(13)15-10(6)14/h1-8,11-12H/t3-,4-,5-,6+,7-,8+/m1/s1. The van der Waals surface area contributed by atoms with Gasteiger partial charge in [-0.25, -0.2) is 0 Å². The van der Waals surface area contributed by atoms with Crippen molar-refractivity contribution in [2.75, 3.05) is 0 Å². The van der Waals surface area contributed by atoms with Crippen LogP contribution in [0.5, 0.6) is 0 Å². The number of fused-ring (bicyclic) bond motifs is 1. The van der Waals surface area contributed by atoms with Crippen molar-refractivity contribution in [1.82, 2.24) is 0 Å². The Morgan fingerprint density at radius 3 is 1.73 bits per heavy atom. The Kier molecular flexibility index (Phi) is 1.62. The molecular formula is C10H10O5. The van der Waals surface area contributed by atoms with Gasteiger partial charge in [0.15, 0.2) is 0 Å². The highest BCUT2D eigenvalue weighted by Gasteiger charge is 2.61. The predicted molar refractivity (Wildman–Crippen MR) is 46.2 cm³/mol. The Balaban J connectivity index is 2.08. The van der Waals surface area contributed by atoms with E-state index >= 15 is 0 Å². The number of cyclic esters (lactones) is 2. The Morgan fingerprint density at radius 1 is 0.933 bits per heavy atom. The van der Waals surface area contributed by atoms with Gasteiger partial charge in [0.05, 0.1) is 24.0 Å². The minimum Gasteiger partial charge on any atom is -0.393 e. The highest BCUT2D eigenvalue weighted by Crippen LogP contribution is 2.48. The second-order valence-electron chi connectivity index (χ2n) is 4.31. The Morgan fingerprint density at radius 2 is 1.33 bits per heavy atom. The van der Waals surface area contributed by atoms with Crippen LogP contribution < -0.4 is 0 Å². The third-order valence-electron chi connectivity index (χ3n) is 3.66. The Hall–Kier alpha value is -1.20. The van der Waals surface area contributed by atoms with Crippen LogP contribution in [-0.2, 0) is 14.3 Å². The zero-order chi connectivity index (χ0) is 10.7. The molecule has 6 atom stereocenters. The Labute approximate surface area is 85.3 Å². The van der Waals surface area contributed by atoms with Crippen molar-refractivity contribution in [3.8, 4) is 0 Å². The zero-order valence-electron chi connectivity index (χ0n) is 7.74. The summed E-state index contributed by atoms with van der Waals surface area (Å²) >= 11 is 0. The fourth-order valence-electron chi connectivity index (χ4n) is 2.93. The third kappa shape index (κ3) is 0.943. The summed E-state index contributed by atoms with van der Waals surface area (Å²) in [5.41, 5.74) is 0. The molecule has 3 aliphatic carbocycles. The van der Waals surface area contributed by atoms with Crippen molar-refractivity contribution in [2.45, 2.75) is 12.2 Å². The minimum absolute atomic E-state index is 0.492. The highest BCUT2D eigenvalue weighted by molar-refractivity contribution is 5.97. The van der Waals surface area contributed by atoms with Crippen LogP contribution in [-0.4, -0.2) is 34.4 Å². The van der Waals surface area contributed by atoms with E-state index in [0.717, 1.165) is 0 Å². The molecule has 15 heavy (non-hydrogen) atoms. The number of ether oxygens (including phenoxy) is 1. The molecule has 80 valence electrons. The molecule has 5 heteroatoms. The molecule has 0 radical (unpaired) electrons. The van der Waals surface area contributed by atoms with E-state index in [0.29, 0.717) is 0 Å². The largest absolute Gasteiger partial charge is 0.393 e. The summed E-state index contributed by atoms with van der Waals surface area (Å²) in [5, 5.41) is 19.4. The SMILES string of the molecule is O=C1OC(=O)[C@H]2[C@H]3C=C[C@@H]([C@@H](O)[C@H]3O)[C@@H]12. The van der Waals surface area contributed by atoms with E-state index in [9.17, 15) is 19.8 Å². The number of carbonyl (C=O) groups is 2. The third-order valence-corrected chi connectivity index (χ3v) is 3.66. The quantitative estimate of drug-likeness (QED) is 0.299. The molecule has 1 aliphatic heterocycles. The van der Waals surface area contributed by atoms with E-state index in [1.54, 1.807) is 12.2 Å². The van der Waals surface area contributed by atoms with Gasteiger partial charge in [0.25, 0.3) is 0 Å². The molecule has 0 aromatic carbocycles. The van der Waals surface area contributed by atoms with E-state index in [4.69, 9.17) is 0 Å². The lowest BCUT2D eigenvalue weighted by atomic mass is 9.60. The first-order chi connectivity index (χ1) is 7.11. The van der Waals surface area contributed by atoms with Gasteiger partial charge in [-0.2, -0.15) is 0 Å². The smallest absolute Gasteiger partial charge is 0.318 e. The fourth-order valence-corrected chi connectivity index (χ4v) is 2.93. The van der Waals surface area contributed by atoms with Crippen molar-refractivity contribution in [3.63, 3.8) is 0 Å². The van der Waals surface area contributed by atoms with E-state index in [1.165, 1.54) is 0 Å². The average Bonchev–Trinajstić information content (AvgIpc) is 2.51. The molecule has 5 nitrogen and oxygen atoms in total. The lowest BCUT2D eigenvalue weighted by molar-refractivity contribution is -0.154. The van der Waals surface area contributed by atoms with Crippen LogP contribution in [0.4, 0.5) is 0 Å². The van der Waals surface area contributed by atoms with Gasteiger partial charge in [0, 0.05) is 11.8 Å². The lowest BCUT2D eigenvalue weighted by Gasteiger charge is -2.44. The number of carbonyl (C=O) groups excluding carboxylic acids is 2. The van der Waals surface area contributed by atoms with Crippen LogP contribution in [0.3, 0.4) is 0 Å². The van der Waals surface area contributed by atoms with Crippen molar-refractivity contribution in [2.24, 2.45) is 23.7 Å². The van der Waals surface area contributed by atoms with Crippen molar-refractivity contribution < 1.29 is 24.5 Å². The van der Waals surface area contributed by atoms with Gasteiger partial charge in [-0.1, -0.05) is 12.2 Å². The van der Waals surface area contributed by atoms with Crippen LogP contribution in [0.2, 0.25) is 0 Å². The van der Waals surface area contributed by atoms with E-state index in [-0.39, 0.29) is 0 Å². The number of hydrogen-bond acceptors (Lipinski definition) is 5. The van der Waals surface area contributed by atoms with Crippen molar-refractivity contribution in [1.29, 1.82) is 0 Å². The number of aliphatic hydroxyl groups is 2. The van der Waals surface area contributed by atoms with Crippen molar-refractivity contribution in [3.05, 3.63) is 12.2 Å². The maximum atomic E-state index is 11.4. The predicted octanol–water partition coefficient (Wildman–Crippen LogP) is -1.16. The molecule has 0 aromatic heterocycles. The van der Waals surface area contributed by atoms with Gasteiger partial charge >= 0.3 is 11.9 Å². The fraction of sp³-hybridized carbons (Fsp3) is 0.600. The lowest BCUT2D eigenvalue weighted by Crippen LogP contribution is -2.55. The summed E-state index contributed by atoms with van der Waals surface area (Å²) in [6.07, 6.45) is 1.45. The summed E-state index contributed by atoms with van der Waals surface area (Å²) in [5.74, 6) is -3.34. The summed E-state index contributed by atoms with van der Waals surface area (Å²) in [4.78, 5) is 22.8. The van der Waals surface area contributed by atoms with E-state index in [1.807, 2.05) is 0 Å². The monoisotopic (exact) mass is 210 g/mol. The first kappa shape index (κ1) is 9.06. The van der Waals surface area contributed by atoms with Gasteiger partial charge in [0.2, 0.25) is 0 Å². The highest BCUT2D eigenvalue weighted by atomic mass is 16.6. The van der Waals surface area contributed by atoms with E-state index < -0.39 is 47.8 Å². The summed E-state index contributed by atoms with van der Waals surface area (Å²) in [6, 6.07) is 0. The first-order valence-electron chi connectivity index (χ1n) is 4.91. The zero-order valence-corrected chi connectivity index (χ0v) is 7.74. The molecule has 0 amide bonds. The van der Waals surface area contributed by atoms with Crippen LogP contribution in [0.15, 0.2) is 12.2 Å². The topological polar surface area (TPSA) is 83.8 Å². The molecule has 4 rings (SSSR count). The van der Waals surface area contributed by atoms with Gasteiger partial charge in [-0.05, 0) is 0 Å². The molecule has 2 fully saturated rings. The van der Waals surface area contributed by atoms with Crippen LogP contribution in [0, 0.1) is 23.7 Å². The van der Waals surface area contributed by atoms with Crippen LogP contribution in [0.25, 0.3) is 0 Å². The van der Waals surface area contributed by atoms with Crippen molar-refractivity contribution >= 4 is 11.9 Å². The Bertz CT molecular complexity index is 340. The molecule has 1 saturated carbocycles. The van der Waals surface area contributed by atoms with Gasteiger partial charge < -0.3 is 14.9 Å². The normalized spacial score (nSPS) is 51.9. The summed E-state index contributed by atoms with van der Waals surface area (Å²) in [6.45, 7) is 0. The molecule has 0 unspecified atom stereocenters. The molecule has 2 N–H and O–H groups in total.